The Morgan fingerprint density at radius 1 is 1.12 bits per heavy atom. The molecule has 0 aromatic rings. The zero-order chi connectivity index (χ0) is 5.66. The maximum atomic E-state index is 5.09. The third-order valence-electron chi connectivity index (χ3n) is 1.10. The predicted octanol–water partition coefficient (Wildman–Crippen LogP) is 0.975. The van der Waals surface area contributed by atoms with Gasteiger partial charge in [0.1, 0.15) is 6.61 Å². The fourth-order valence-corrected chi connectivity index (χ4v) is 0.652. The maximum Gasteiger partial charge on any atom is 0.109 e. The van der Waals surface area contributed by atoms with Gasteiger partial charge in [0.05, 0.1) is 6.61 Å². The van der Waals surface area contributed by atoms with Crippen LogP contribution in [0, 0.1) is 6.61 Å². The normalized spacial score (nSPS) is 24.0. The van der Waals surface area contributed by atoms with Crippen LogP contribution in [0.5, 0.6) is 0 Å². The SMILES string of the molecule is [CH]1COCCCCO1. The molecular formula is C6H11O2. The van der Waals surface area contributed by atoms with Gasteiger partial charge in [0, 0.05) is 13.2 Å². The van der Waals surface area contributed by atoms with Gasteiger partial charge in [-0.3, -0.25) is 0 Å². The molecular weight excluding hydrogens is 104 g/mol. The van der Waals surface area contributed by atoms with E-state index < -0.39 is 0 Å². The van der Waals surface area contributed by atoms with Crippen LogP contribution in [0.15, 0.2) is 0 Å². The first-order valence-corrected chi connectivity index (χ1v) is 3.01. The average molecular weight is 115 g/mol. The van der Waals surface area contributed by atoms with E-state index in [1.165, 1.54) is 0 Å². The van der Waals surface area contributed by atoms with Crippen LogP contribution >= 0.6 is 0 Å². The van der Waals surface area contributed by atoms with E-state index in [0.29, 0.717) is 6.61 Å². The summed E-state index contributed by atoms with van der Waals surface area (Å²) in [5, 5.41) is 0. The van der Waals surface area contributed by atoms with Crippen molar-refractivity contribution < 1.29 is 9.47 Å². The van der Waals surface area contributed by atoms with Crippen LogP contribution in [0.1, 0.15) is 12.8 Å². The fraction of sp³-hybridized carbons (Fsp3) is 0.833. The van der Waals surface area contributed by atoms with E-state index in [-0.39, 0.29) is 0 Å². The quantitative estimate of drug-likeness (QED) is 0.468. The summed E-state index contributed by atoms with van der Waals surface area (Å²) in [5.41, 5.74) is 0. The van der Waals surface area contributed by atoms with Gasteiger partial charge in [-0.1, -0.05) is 0 Å². The van der Waals surface area contributed by atoms with Crippen LogP contribution in [0.4, 0.5) is 0 Å². The standard InChI is InChI=1S/C6H11O2/c1-2-4-8-6-5-7-3-1/h5H,1-4,6H2. The molecule has 1 aliphatic rings. The van der Waals surface area contributed by atoms with Crippen molar-refractivity contribution in [3.63, 3.8) is 0 Å². The highest BCUT2D eigenvalue weighted by Crippen LogP contribution is 1.97. The highest BCUT2D eigenvalue weighted by molar-refractivity contribution is 4.51. The second-order valence-electron chi connectivity index (χ2n) is 1.82. The largest absolute Gasteiger partial charge is 0.379 e. The van der Waals surface area contributed by atoms with Crippen LogP contribution in [-0.4, -0.2) is 19.8 Å². The van der Waals surface area contributed by atoms with Crippen molar-refractivity contribution in [1.82, 2.24) is 0 Å². The molecule has 47 valence electrons. The van der Waals surface area contributed by atoms with E-state index in [4.69, 9.17) is 9.47 Å². The minimum absolute atomic E-state index is 0.653. The maximum absolute atomic E-state index is 5.09. The monoisotopic (exact) mass is 115 g/mol. The minimum atomic E-state index is 0.653. The molecule has 0 saturated carbocycles. The van der Waals surface area contributed by atoms with E-state index >= 15 is 0 Å². The fourth-order valence-electron chi connectivity index (χ4n) is 0.652. The van der Waals surface area contributed by atoms with Gasteiger partial charge >= 0.3 is 0 Å². The van der Waals surface area contributed by atoms with Crippen molar-refractivity contribution in [3.8, 4) is 0 Å². The highest BCUT2D eigenvalue weighted by Gasteiger charge is 1.95. The van der Waals surface area contributed by atoms with Crippen LogP contribution < -0.4 is 0 Å². The molecule has 0 aromatic heterocycles. The summed E-state index contributed by atoms with van der Waals surface area (Å²) in [4.78, 5) is 0. The Morgan fingerprint density at radius 3 is 3.00 bits per heavy atom. The lowest BCUT2D eigenvalue weighted by molar-refractivity contribution is 0.0619. The zero-order valence-electron chi connectivity index (χ0n) is 4.93. The smallest absolute Gasteiger partial charge is 0.109 e. The topological polar surface area (TPSA) is 18.5 Å². The number of hydrogen-bond acceptors (Lipinski definition) is 2. The van der Waals surface area contributed by atoms with E-state index in [1.807, 2.05) is 0 Å². The Balaban J connectivity index is 2.00. The van der Waals surface area contributed by atoms with Gasteiger partial charge in [0.2, 0.25) is 0 Å². The zero-order valence-corrected chi connectivity index (χ0v) is 4.93. The number of rotatable bonds is 0. The summed E-state index contributed by atoms with van der Waals surface area (Å²) in [7, 11) is 0. The first-order chi connectivity index (χ1) is 4.00. The molecule has 1 aliphatic heterocycles. The van der Waals surface area contributed by atoms with Gasteiger partial charge in [-0.15, -0.1) is 0 Å². The Kier molecular flexibility index (Phi) is 2.92. The van der Waals surface area contributed by atoms with E-state index in [0.717, 1.165) is 26.1 Å². The third-order valence-corrected chi connectivity index (χ3v) is 1.10. The molecule has 1 heterocycles. The van der Waals surface area contributed by atoms with Crippen molar-refractivity contribution in [2.24, 2.45) is 0 Å². The van der Waals surface area contributed by atoms with Gasteiger partial charge in [-0.25, -0.2) is 0 Å². The van der Waals surface area contributed by atoms with E-state index in [9.17, 15) is 0 Å². The highest BCUT2D eigenvalue weighted by atomic mass is 16.5. The Labute approximate surface area is 49.8 Å². The molecule has 1 saturated heterocycles. The van der Waals surface area contributed by atoms with Gasteiger partial charge in [0.25, 0.3) is 0 Å². The van der Waals surface area contributed by atoms with E-state index in [1.54, 1.807) is 6.61 Å². The summed E-state index contributed by atoms with van der Waals surface area (Å²) >= 11 is 0. The molecule has 1 rings (SSSR count). The summed E-state index contributed by atoms with van der Waals surface area (Å²) in [6, 6.07) is 0. The molecule has 2 heteroatoms. The Morgan fingerprint density at radius 2 is 2.00 bits per heavy atom. The van der Waals surface area contributed by atoms with Crippen molar-refractivity contribution in [3.05, 3.63) is 6.61 Å². The van der Waals surface area contributed by atoms with Gasteiger partial charge in [-0.05, 0) is 12.8 Å². The summed E-state index contributed by atoms with van der Waals surface area (Å²) in [6.07, 6.45) is 2.25. The molecule has 1 radical (unpaired) electrons. The van der Waals surface area contributed by atoms with Crippen molar-refractivity contribution >= 4 is 0 Å². The molecule has 0 N–H and O–H groups in total. The number of ether oxygens (including phenoxy) is 2. The lowest BCUT2D eigenvalue weighted by atomic mass is 10.3. The summed E-state index contributed by atoms with van der Waals surface area (Å²) in [6.45, 7) is 4.13. The molecule has 0 aliphatic carbocycles. The van der Waals surface area contributed by atoms with Gasteiger partial charge in [0.15, 0.2) is 0 Å². The van der Waals surface area contributed by atoms with Crippen LogP contribution in [0.2, 0.25) is 0 Å². The number of hydrogen-bond donors (Lipinski definition) is 0. The van der Waals surface area contributed by atoms with Crippen LogP contribution in [-0.2, 0) is 9.47 Å². The molecule has 1 fully saturated rings. The lowest BCUT2D eigenvalue weighted by Gasteiger charge is -2.08. The molecule has 0 unspecified atom stereocenters. The summed E-state index contributed by atoms with van der Waals surface area (Å²) < 4.78 is 10.1. The van der Waals surface area contributed by atoms with Gasteiger partial charge in [-0.2, -0.15) is 0 Å². The van der Waals surface area contributed by atoms with Crippen molar-refractivity contribution in [1.29, 1.82) is 0 Å². The van der Waals surface area contributed by atoms with E-state index in [2.05, 4.69) is 0 Å². The Bertz CT molecular complexity index is 30.5. The third kappa shape index (κ3) is 2.28. The molecule has 0 bridgehead atoms. The van der Waals surface area contributed by atoms with Gasteiger partial charge < -0.3 is 9.47 Å². The molecule has 0 amide bonds. The molecule has 8 heavy (non-hydrogen) atoms. The second-order valence-corrected chi connectivity index (χ2v) is 1.82. The molecule has 0 atom stereocenters. The lowest BCUT2D eigenvalue weighted by Crippen LogP contribution is -2.06. The predicted molar refractivity (Wildman–Crippen MR) is 30.3 cm³/mol. The minimum Gasteiger partial charge on any atom is -0.379 e. The van der Waals surface area contributed by atoms with Crippen molar-refractivity contribution in [2.75, 3.05) is 19.8 Å². The molecule has 0 aromatic carbocycles. The average Bonchev–Trinajstić information content (AvgIpc) is 1.62. The second kappa shape index (κ2) is 3.87. The van der Waals surface area contributed by atoms with Crippen LogP contribution in [0.25, 0.3) is 0 Å². The first-order valence-electron chi connectivity index (χ1n) is 3.01. The first kappa shape index (κ1) is 6.05. The molecule has 2 nitrogen and oxygen atoms in total. The van der Waals surface area contributed by atoms with Crippen molar-refractivity contribution in [2.45, 2.75) is 12.8 Å². The Hall–Kier alpha value is -0.0800. The summed E-state index contributed by atoms with van der Waals surface area (Å²) in [5.74, 6) is 0. The molecule has 0 spiro atoms. The van der Waals surface area contributed by atoms with Crippen LogP contribution in [0.3, 0.4) is 0 Å².